The number of carbonyl (C=O) groups is 2. The van der Waals surface area contributed by atoms with E-state index >= 15 is 0 Å². The van der Waals surface area contributed by atoms with Gasteiger partial charge in [0.05, 0.1) is 19.6 Å². The number of carboxylic acids is 1. The largest absolute Gasteiger partial charge is 0.481 e. The van der Waals surface area contributed by atoms with Gasteiger partial charge in [0.25, 0.3) is 0 Å². The maximum absolute atomic E-state index is 10.8. The van der Waals surface area contributed by atoms with Crippen LogP contribution in [0, 0.1) is 0 Å². The number of ether oxygens (including phenoxy) is 1. The lowest BCUT2D eigenvalue weighted by Gasteiger charge is -1.99. The van der Waals surface area contributed by atoms with Crippen LogP contribution in [0.5, 0.6) is 0 Å². The van der Waals surface area contributed by atoms with Gasteiger partial charge in [-0.2, -0.15) is 0 Å². The molecule has 0 atom stereocenters. The second-order valence-electron chi connectivity index (χ2n) is 2.21. The molecule has 0 fully saturated rings. The van der Waals surface area contributed by atoms with Gasteiger partial charge in [0.1, 0.15) is 6.61 Å². The van der Waals surface area contributed by atoms with Gasteiger partial charge >= 0.3 is 5.97 Å². The van der Waals surface area contributed by atoms with E-state index in [4.69, 9.17) is 10.2 Å². The Bertz CT molecular complexity index is 154. The molecule has 0 spiro atoms. The van der Waals surface area contributed by atoms with Crippen LogP contribution in [-0.4, -0.2) is 41.8 Å². The van der Waals surface area contributed by atoms with Crippen molar-refractivity contribution < 1.29 is 24.5 Å². The van der Waals surface area contributed by atoms with Crippen LogP contribution in [0.3, 0.4) is 0 Å². The van der Waals surface area contributed by atoms with Crippen LogP contribution in [0.15, 0.2) is 0 Å². The number of hydrogen-bond acceptors (Lipinski definition) is 4. The summed E-state index contributed by atoms with van der Waals surface area (Å²) < 4.78 is 4.68. The van der Waals surface area contributed by atoms with Crippen LogP contribution in [0.1, 0.15) is 12.8 Å². The number of rotatable bonds is 7. The van der Waals surface area contributed by atoms with Crippen molar-refractivity contribution in [3.63, 3.8) is 0 Å². The van der Waals surface area contributed by atoms with Crippen molar-refractivity contribution in [2.45, 2.75) is 12.8 Å². The smallest absolute Gasteiger partial charge is 0.303 e. The second kappa shape index (κ2) is 6.75. The topological polar surface area (TPSA) is 83.8 Å². The monoisotopic (exact) mass is 176 g/mol. The minimum absolute atomic E-state index is 0.0131. The Morgan fingerprint density at radius 1 is 1.25 bits per heavy atom. The lowest BCUT2D eigenvalue weighted by molar-refractivity contribution is -0.139. The summed E-state index contributed by atoms with van der Waals surface area (Å²) in [6, 6.07) is 0. The van der Waals surface area contributed by atoms with Crippen LogP contribution >= 0.6 is 0 Å². The molecule has 0 amide bonds. The molecular formula is C7H12O5. The summed E-state index contributed by atoms with van der Waals surface area (Å²) >= 11 is 0. The van der Waals surface area contributed by atoms with Crippen LogP contribution < -0.4 is 0 Å². The minimum Gasteiger partial charge on any atom is -0.481 e. The van der Waals surface area contributed by atoms with E-state index in [0.717, 1.165) is 0 Å². The highest BCUT2D eigenvalue weighted by Crippen LogP contribution is 1.91. The van der Waals surface area contributed by atoms with E-state index in [9.17, 15) is 9.59 Å². The minimum atomic E-state index is -0.995. The molecule has 0 unspecified atom stereocenters. The molecule has 5 heteroatoms. The molecule has 0 aromatic carbocycles. The molecular weight excluding hydrogens is 164 g/mol. The van der Waals surface area contributed by atoms with Crippen molar-refractivity contribution >= 4 is 11.8 Å². The highest BCUT2D eigenvalue weighted by atomic mass is 16.5. The first-order valence-corrected chi connectivity index (χ1v) is 3.59. The third-order valence-corrected chi connectivity index (χ3v) is 1.12. The fourth-order valence-corrected chi connectivity index (χ4v) is 0.569. The van der Waals surface area contributed by atoms with Crippen molar-refractivity contribution in [2.75, 3.05) is 19.8 Å². The average molecular weight is 176 g/mol. The van der Waals surface area contributed by atoms with Crippen LogP contribution in [0.25, 0.3) is 0 Å². The van der Waals surface area contributed by atoms with Crippen molar-refractivity contribution in [2.24, 2.45) is 0 Å². The van der Waals surface area contributed by atoms with Gasteiger partial charge in [0.15, 0.2) is 5.78 Å². The summed E-state index contributed by atoms with van der Waals surface area (Å²) in [6.45, 7) is -0.140. The van der Waals surface area contributed by atoms with Crippen molar-refractivity contribution in [1.82, 2.24) is 0 Å². The van der Waals surface area contributed by atoms with Gasteiger partial charge in [0.2, 0.25) is 0 Å². The quantitative estimate of drug-likeness (QED) is 0.507. The molecule has 0 bridgehead atoms. The van der Waals surface area contributed by atoms with Crippen LogP contribution in [-0.2, 0) is 14.3 Å². The van der Waals surface area contributed by atoms with E-state index in [1.807, 2.05) is 0 Å². The number of aliphatic hydroxyl groups is 1. The van der Waals surface area contributed by atoms with E-state index in [2.05, 4.69) is 4.74 Å². The van der Waals surface area contributed by atoms with Crippen LogP contribution in [0.4, 0.5) is 0 Å². The molecule has 0 aliphatic rings. The standard InChI is InChI=1S/C7H12O5/c8-3-4-12-5-6(9)1-2-7(10)11/h8H,1-5H2,(H,10,11). The highest BCUT2D eigenvalue weighted by Gasteiger charge is 2.04. The molecule has 0 aliphatic carbocycles. The molecule has 0 aromatic heterocycles. The van der Waals surface area contributed by atoms with E-state index in [-0.39, 0.29) is 38.4 Å². The number of hydrogen-bond donors (Lipinski definition) is 2. The molecule has 0 saturated carbocycles. The predicted octanol–water partition coefficient (Wildman–Crippen LogP) is -0.571. The SMILES string of the molecule is O=C(O)CCC(=O)COCCO. The fraction of sp³-hybridized carbons (Fsp3) is 0.714. The number of carboxylic acid groups (broad SMARTS) is 1. The molecule has 0 rings (SSSR count). The van der Waals surface area contributed by atoms with E-state index < -0.39 is 5.97 Å². The van der Waals surface area contributed by atoms with Gasteiger partial charge < -0.3 is 14.9 Å². The van der Waals surface area contributed by atoms with Gasteiger partial charge in [-0.15, -0.1) is 0 Å². The van der Waals surface area contributed by atoms with Crippen molar-refractivity contribution in [1.29, 1.82) is 0 Å². The number of ketones is 1. The first-order chi connectivity index (χ1) is 5.66. The number of aliphatic carboxylic acids is 1. The Hall–Kier alpha value is -0.940. The maximum Gasteiger partial charge on any atom is 0.303 e. The third kappa shape index (κ3) is 7.17. The summed E-state index contributed by atoms with van der Waals surface area (Å²) in [5.74, 6) is -1.25. The summed E-state index contributed by atoms with van der Waals surface area (Å²) in [7, 11) is 0. The Morgan fingerprint density at radius 2 is 1.92 bits per heavy atom. The lowest BCUT2D eigenvalue weighted by Crippen LogP contribution is -2.12. The molecule has 0 radical (unpaired) electrons. The maximum atomic E-state index is 10.8. The molecule has 12 heavy (non-hydrogen) atoms. The second-order valence-corrected chi connectivity index (χ2v) is 2.21. The van der Waals surface area contributed by atoms with Gasteiger partial charge in [-0.25, -0.2) is 0 Å². The van der Waals surface area contributed by atoms with E-state index in [1.54, 1.807) is 0 Å². The number of Topliss-reactive ketones (excluding diaryl/α,β-unsaturated/α-hetero) is 1. The zero-order valence-corrected chi connectivity index (χ0v) is 6.65. The van der Waals surface area contributed by atoms with Crippen molar-refractivity contribution in [3.8, 4) is 0 Å². The number of aliphatic hydroxyl groups excluding tert-OH is 1. The summed E-state index contributed by atoms with van der Waals surface area (Å²) in [5.41, 5.74) is 0. The molecule has 70 valence electrons. The molecule has 0 aromatic rings. The predicted molar refractivity (Wildman–Crippen MR) is 39.8 cm³/mol. The Kier molecular flexibility index (Phi) is 6.22. The molecule has 0 aliphatic heterocycles. The normalized spacial score (nSPS) is 9.75. The summed E-state index contributed by atoms with van der Waals surface area (Å²) in [5, 5.41) is 16.5. The highest BCUT2D eigenvalue weighted by molar-refractivity contribution is 5.83. The van der Waals surface area contributed by atoms with Gasteiger partial charge in [0, 0.05) is 6.42 Å². The fourth-order valence-electron chi connectivity index (χ4n) is 0.569. The zero-order valence-electron chi connectivity index (χ0n) is 6.65. The Morgan fingerprint density at radius 3 is 2.42 bits per heavy atom. The van der Waals surface area contributed by atoms with Crippen molar-refractivity contribution in [3.05, 3.63) is 0 Å². The molecule has 0 saturated heterocycles. The number of carbonyl (C=O) groups excluding carboxylic acids is 1. The van der Waals surface area contributed by atoms with E-state index in [1.165, 1.54) is 0 Å². The van der Waals surface area contributed by atoms with Gasteiger partial charge in [-0.3, -0.25) is 9.59 Å². The first kappa shape index (κ1) is 11.1. The average Bonchev–Trinajstić information content (AvgIpc) is 2.01. The van der Waals surface area contributed by atoms with Gasteiger partial charge in [-0.05, 0) is 0 Å². The summed E-state index contributed by atoms with van der Waals surface area (Å²) in [6.07, 6.45) is -0.178. The molecule has 2 N–H and O–H groups in total. The first-order valence-electron chi connectivity index (χ1n) is 3.59. The Balaban J connectivity index is 3.28. The molecule has 0 heterocycles. The third-order valence-electron chi connectivity index (χ3n) is 1.12. The van der Waals surface area contributed by atoms with Gasteiger partial charge in [-0.1, -0.05) is 0 Å². The van der Waals surface area contributed by atoms with Crippen LogP contribution in [0.2, 0.25) is 0 Å². The zero-order chi connectivity index (χ0) is 9.40. The van der Waals surface area contributed by atoms with E-state index in [0.29, 0.717) is 0 Å². The summed E-state index contributed by atoms with van der Waals surface area (Å²) in [4.78, 5) is 20.8. The molecule has 5 nitrogen and oxygen atoms in total. The lowest BCUT2D eigenvalue weighted by atomic mass is 10.2. The Labute approximate surface area is 70.0 Å².